The molecule has 3 N–H and O–H groups in total. The van der Waals surface area contributed by atoms with Crippen molar-refractivity contribution < 1.29 is 14.9 Å². The fourth-order valence-corrected chi connectivity index (χ4v) is 1.93. The van der Waals surface area contributed by atoms with Crippen LogP contribution in [0.5, 0.6) is 0 Å². The average molecular weight is 223 g/mol. The van der Waals surface area contributed by atoms with Gasteiger partial charge in [-0.05, 0) is 33.3 Å². The first-order chi connectivity index (χ1) is 7.49. The summed E-state index contributed by atoms with van der Waals surface area (Å²) >= 11 is 0. The molecule has 0 aromatic carbocycles. The molecule has 1 rings (SSSR count). The maximum atomic E-state index is 11.8. The molecule has 0 radical (unpaired) electrons. The summed E-state index contributed by atoms with van der Waals surface area (Å²) in [7, 11) is 0. The quantitative estimate of drug-likeness (QED) is 0.718. The summed E-state index contributed by atoms with van der Waals surface area (Å²) in [6.45, 7) is 8.47. The standard InChI is InChI=1S/C12H18N2O2/c1-5-13-6-10(16)12-7(2)11(9(4)15)8(3)14-12/h13-14H,5-6H2,1-4H3/p+1. The number of nitrogens with one attached hydrogen (secondary N) is 1. The highest BCUT2D eigenvalue weighted by molar-refractivity contribution is 6.03. The van der Waals surface area contributed by atoms with Crippen LogP contribution < -0.4 is 5.32 Å². The Hall–Kier alpha value is -1.42. The molecule has 1 aromatic heterocycles. The highest BCUT2D eigenvalue weighted by atomic mass is 16.1. The molecule has 1 aromatic rings. The summed E-state index contributed by atoms with van der Waals surface area (Å²) in [5.41, 5.74) is 2.79. The molecule has 16 heavy (non-hydrogen) atoms. The minimum atomic E-state index is 0.00442. The first kappa shape index (κ1) is 12.6. The largest absolute Gasteiger partial charge is 0.355 e. The number of nitrogens with two attached hydrogens (primary N) is 1. The maximum Gasteiger partial charge on any atom is 0.233 e. The van der Waals surface area contributed by atoms with E-state index in [0.29, 0.717) is 17.8 Å². The summed E-state index contributed by atoms with van der Waals surface area (Å²) in [5, 5.41) is 1.94. The van der Waals surface area contributed by atoms with Gasteiger partial charge in [-0.3, -0.25) is 9.59 Å². The Bertz CT molecular complexity index is 419. The Labute approximate surface area is 95.4 Å². The Morgan fingerprint density at radius 3 is 2.38 bits per heavy atom. The van der Waals surface area contributed by atoms with Crippen molar-refractivity contribution in [2.75, 3.05) is 13.1 Å². The smallest absolute Gasteiger partial charge is 0.233 e. The van der Waals surface area contributed by atoms with Crippen molar-refractivity contribution in [3.63, 3.8) is 0 Å². The van der Waals surface area contributed by atoms with Gasteiger partial charge in [0.1, 0.15) is 6.54 Å². The van der Waals surface area contributed by atoms with Crippen LogP contribution in [-0.4, -0.2) is 29.6 Å². The van der Waals surface area contributed by atoms with E-state index in [0.717, 1.165) is 17.8 Å². The van der Waals surface area contributed by atoms with Crippen LogP contribution in [0.3, 0.4) is 0 Å². The zero-order valence-electron chi connectivity index (χ0n) is 10.3. The number of rotatable bonds is 5. The van der Waals surface area contributed by atoms with E-state index in [1.54, 1.807) is 0 Å². The van der Waals surface area contributed by atoms with E-state index in [1.165, 1.54) is 6.92 Å². The van der Waals surface area contributed by atoms with Crippen LogP contribution in [0.25, 0.3) is 0 Å². The maximum absolute atomic E-state index is 11.8. The van der Waals surface area contributed by atoms with Crippen LogP contribution in [-0.2, 0) is 0 Å². The lowest BCUT2D eigenvalue weighted by Gasteiger charge is -1.99. The van der Waals surface area contributed by atoms with Crippen LogP contribution in [0.1, 0.15) is 46.0 Å². The second-order valence-corrected chi connectivity index (χ2v) is 4.01. The van der Waals surface area contributed by atoms with E-state index in [9.17, 15) is 9.59 Å². The van der Waals surface area contributed by atoms with Gasteiger partial charge >= 0.3 is 0 Å². The third-order valence-electron chi connectivity index (χ3n) is 2.69. The van der Waals surface area contributed by atoms with Gasteiger partial charge in [0.05, 0.1) is 12.2 Å². The van der Waals surface area contributed by atoms with Crippen LogP contribution >= 0.6 is 0 Å². The van der Waals surface area contributed by atoms with E-state index < -0.39 is 0 Å². The molecule has 0 unspecified atom stereocenters. The monoisotopic (exact) mass is 223 g/mol. The summed E-state index contributed by atoms with van der Waals surface area (Å²) in [4.78, 5) is 26.2. The molecule has 4 nitrogen and oxygen atoms in total. The van der Waals surface area contributed by atoms with Crippen molar-refractivity contribution in [1.82, 2.24) is 4.98 Å². The lowest BCUT2D eigenvalue weighted by atomic mass is 10.1. The summed E-state index contributed by atoms with van der Waals surface area (Å²) in [5.74, 6) is 0.0553. The topological polar surface area (TPSA) is 66.5 Å². The van der Waals surface area contributed by atoms with E-state index in [4.69, 9.17) is 0 Å². The van der Waals surface area contributed by atoms with Gasteiger partial charge in [0, 0.05) is 11.3 Å². The molecule has 0 aliphatic heterocycles. The molecule has 0 saturated heterocycles. The third kappa shape index (κ3) is 2.39. The number of carbonyl (C=O) groups excluding carboxylic acids is 2. The van der Waals surface area contributed by atoms with E-state index in [-0.39, 0.29) is 11.6 Å². The molecule has 0 spiro atoms. The zero-order chi connectivity index (χ0) is 12.3. The molecule has 4 heteroatoms. The van der Waals surface area contributed by atoms with Gasteiger partial charge in [-0.2, -0.15) is 0 Å². The number of quaternary nitrogens is 1. The van der Waals surface area contributed by atoms with E-state index >= 15 is 0 Å². The predicted octanol–water partition coefficient (Wildman–Crippen LogP) is 0.600. The zero-order valence-corrected chi connectivity index (χ0v) is 10.3. The average Bonchev–Trinajstić information content (AvgIpc) is 2.50. The second kappa shape index (κ2) is 5.07. The highest BCUT2D eigenvalue weighted by Gasteiger charge is 2.20. The number of hydrogen-bond donors (Lipinski definition) is 2. The molecule has 0 amide bonds. The summed E-state index contributed by atoms with van der Waals surface area (Å²) in [6, 6.07) is 0. The Morgan fingerprint density at radius 1 is 1.31 bits per heavy atom. The minimum absolute atomic E-state index is 0.00442. The van der Waals surface area contributed by atoms with Crippen molar-refractivity contribution in [1.29, 1.82) is 0 Å². The second-order valence-electron chi connectivity index (χ2n) is 4.01. The van der Waals surface area contributed by atoms with Crippen molar-refractivity contribution in [3.8, 4) is 0 Å². The molecule has 0 fully saturated rings. The molecule has 0 aliphatic carbocycles. The number of likely N-dealkylation sites (N-methyl/N-ethyl adjacent to an activating group) is 1. The van der Waals surface area contributed by atoms with Crippen LogP contribution in [0, 0.1) is 13.8 Å². The highest BCUT2D eigenvalue weighted by Crippen LogP contribution is 2.18. The number of ketones is 2. The molecule has 1 heterocycles. The minimum Gasteiger partial charge on any atom is -0.355 e. The van der Waals surface area contributed by atoms with Gasteiger partial charge in [0.25, 0.3) is 0 Å². The fraction of sp³-hybridized carbons (Fsp3) is 0.500. The Morgan fingerprint density at radius 2 is 1.94 bits per heavy atom. The van der Waals surface area contributed by atoms with Gasteiger partial charge in [-0.1, -0.05) is 0 Å². The molecule has 0 bridgehead atoms. The number of Topliss-reactive ketones (excluding diaryl/α,β-unsaturated/α-hetero) is 2. The molecular formula is C12H19N2O2+. The summed E-state index contributed by atoms with van der Waals surface area (Å²) in [6.07, 6.45) is 0. The van der Waals surface area contributed by atoms with Crippen LogP contribution in [0.2, 0.25) is 0 Å². The van der Waals surface area contributed by atoms with E-state index in [1.807, 2.05) is 26.1 Å². The fourth-order valence-electron chi connectivity index (χ4n) is 1.93. The van der Waals surface area contributed by atoms with Gasteiger partial charge in [0.15, 0.2) is 5.78 Å². The summed E-state index contributed by atoms with van der Waals surface area (Å²) < 4.78 is 0. The number of hydrogen-bond acceptors (Lipinski definition) is 2. The van der Waals surface area contributed by atoms with Crippen molar-refractivity contribution >= 4 is 11.6 Å². The molecule has 0 atom stereocenters. The number of aryl methyl sites for hydroxylation is 1. The van der Waals surface area contributed by atoms with Gasteiger partial charge in [0.2, 0.25) is 5.78 Å². The van der Waals surface area contributed by atoms with Crippen LogP contribution in [0.4, 0.5) is 0 Å². The first-order valence-corrected chi connectivity index (χ1v) is 5.54. The molecular weight excluding hydrogens is 204 g/mol. The predicted molar refractivity (Wildman–Crippen MR) is 61.9 cm³/mol. The molecule has 0 saturated carbocycles. The number of H-pyrrole nitrogens is 1. The van der Waals surface area contributed by atoms with Crippen LogP contribution in [0.15, 0.2) is 0 Å². The normalized spacial score (nSPS) is 10.5. The third-order valence-corrected chi connectivity index (χ3v) is 2.69. The SMILES string of the molecule is CC[NH2+]CC(=O)c1[nH]c(C)c(C(C)=O)c1C. The van der Waals surface area contributed by atoms with Gasteiger partial charge < -0.3 is 10.3 Å². The molecule has 0 aliphatic rings. The Balaban J connectivity index is 3.03. The number of aromatic nitrogens is 1. The van der Waals surface area contributed by atoms with Crippen molar-refractivity contribution in [2.45, 2.75) is 27.7 Å². The van der Waals surface area contributed by atoms with Crippen molar-refractivity contribution in [3.05, 3.63) is 22.5 Å². The van der Waals surface area contributed by atoms with E-state index in [2.05, 4.69) is 4.98 Å². The lowest BCUT2D eigenvalue weighted by molar-refractivity contribution is -0.639. The first-order valence-electron chi connectivity index (χ1n) is 5.54. The van der Waals surface area contributed by atoms with Gasteiger partial charge in [-0.15, -0.1) is 0 Å². The lowest BCUT2D eigenvalue weighted by Crippen LogP contribution is -2.85. The molecule has 88 valence electrons. The number of carbonyl (C=O) groups is 2. The Kier molecular flexibility index (Phi) is 4.01. The van der Waals surface area contributed by atoms with Crippen molar-refractivity contribution in [2.24, 2.45) is 0 Å². The van der Waals surface area contributed by atoms with Gasteiger partial charge in [-0.25, -0.2) is 0 Å². The number of aromatic amines is 1.